The van der Waals surface area contributed by atoms with Crippen molar-refractivity contribution in [3.8, 4) is 0 Å². The second kappa shape index (κ2) is 3.98. The standard InChI is InChI=1S/C14H11ClIN3O/c1-18-12(10(16)7-17-18)19-11-8(3-2-4-9(11)15)14(5-6-14)13(19)20/h2-4,7H,5-6H2,1H3. The van der Waals surface area contributed by atoms with Gasteiger partial charge < -0.3 is 0 Å². The predicted molar refractivity (Wildman–Crippen MR) is 85.4 cm³/mol. The second-order valence-electron chi connectivity index (χ2n) is 5.30. The number of halogens is 2. The number of para-hydroxylation sites is 1. The minimum atomic E-state index is -0.340. The number of aromatic nitrogens is 2. The van der Waals surface area contributed by atoms with Crippen molar-refractivity contribution >= 4 is 51.6 Å². The SMILES string of the molecule is Cn1ncc(I)c1N1C(=O)C2(CC2)c2cccc(Cl)c21. The van der Waals surface area contributed by atoms with Crippen LogP contribution in [0.5, 0.6) is 0 Å². The quantitative estimate of drug-likeness (QED) is 0.690. The van der Waals surface area contributed by atoms with Crippen molar-refractivity contribution in [2.24, 2.45) is 7.05 Å². The average Bonchev–Trinajstić information content (AvgIpc) is 3.11. The zero-order chi connectivity index (χ0) is 14.1. The van der Waals surface area contributed by atoms with Gasteiger partial charge in [0.1, 0.15) is 0 Å². The number of benzene rings is 1. The number of hydrogen-bond acceptors (Lipinski definition) is 2. The van der Waals surface area contributed by atoms with Crippen molar-refractivity contribution in [2.45, 2.75) is 18.3 Å². The Balaban J connectivity index is 2.01. The summed E-state index contributed by atoms with van der Waals surface area (Å²) >= 11 is 8.58. The molecule has 6 heteroatoms. The number of nitrogens with zero attached hydrogens (tertiary/aromatic N) is 3. The van der Waals surface area contributed by atoms with E-state index in [9.17, 15) is 4.79 Å². The van der Waals surface area contributed by atoms with Gasteiger partial charge in [0, 0.05) is 7.05 Å². The molecule has 0 unspecified atom stereocenters. The van der Waals surface area contributed by atoms with Gasteiger partial charge in [-0.05, 0) is 47.1 Å². The molecular formula is C14H11ClIN3O. The summed E-state index contributed by atoms with van der Waals surface area (Å²) < 4.78 is 2.68. The van der Waals surface area contributed by atoms with Crippen molar-refractivity contribution in [1.82, 2.24) is 9.78 Å². The van der Waals surface area contributed by atoms with Crippen molar-refractivity contribution in [1.29, 1.82) is 0 Å². The van der Waals surface area contributed by atoms with Crippen LogP contribution in [-0.2, 0) is 17.3 Å². The molecular weight excluding hydrogens is 389 g/mol. The zero-order valence-electron chi connectivity index (χ0n) is 10.7. The molecule has 1 aliphatic heterocycles. The third kappa shape index (κ3) is 1.42. The Morgan fingerprint density at radius 3 is 2.75 bits per heavy atom. The number of fused-ring (bicyclic) bond motifs is 2. The van der Waals surface area contributed by atoms with Crippen LogP contribution in [0, 0.1) is 3.57 Å². The largest absolute Gasteiger partial charge is 0.273 e. The molecule has 1 fully saturated rings. The molecule has 4 nitrogen and oxygen atoms in total. The summed E-state index contributed by atoms with van der Waals surface area (Å²) in [6.45, 7) is 0. The summed E-state index contributed by atoms with van der Waals surface area (Å²) in [5.74, 6) is 0.927. The van der Waals surface area contributed by atoms with Crippen LogP contribution in [0.2, 0.25) is 5.02 Å². The minimum absolute atomic E-state index is 0.127. The van der Waals surface area contributed by atoms with E-state index >= 15 is 0 Å². The predicted octanol–water partition coefficient (Wildman–Crippen LogP) is 3.39. The van der Waals surface area contributed by atoms with Crippen LogP contribution < -0.4 is 4.90 Å². The lowest BCUT2D eigenvalue weighted by molar-refractivity contribution is -0.119. The second-order valence-corrected chi connectivity index (χ2v) is 6.87. The molecule has 1 spiro atoms. The van der Waals surface area contributed by atoms with Gasteiger partial charge in [-0.3, -0.25) is 14.4 Å². The Labute approximate surface area is 134 Å². The first-order valence-electron chi connectivity index (χ1n) is 6.37. The van der Waals surface area contributed by atoms with E-state index in [0.717, 1.165) is 33.5 Å². The Morgan fingerprint density at radius 2 is 2.15 bits per heavy atom. The Hall–Kier alpha value is -1.08. The highest BCUT2D eigenvalue weighted by atomic mass is 127. The van der Waals surface area contributed by atoms with Crippen LogP contribution in [0.4, 0.5) is 11.5 Å². The Bertz CT molecular complexity index is 731. The highest BCUT2D eigenvalue weighted by Crippen LogP contribution is 2.60. The smallest absolute Gasteiger partial charge is 0.243 e. The fourth-order valence-electron chi connectivity index (χ4n) is 3.03. The molecule has 102 valence electrons. The van der Waals surface area contributed by atoms with Crippen LogP contribution in [-0.4, -0.2) is 15.7 Å². The van der Waals surface area contributed by atoms with Gasteiger partial charge in [0.25, 0.3) is 0 Å². The molecule has 0 bridgehead atoms. The third-order valence-electron chi connectivity index (χ3n) is 4.16. The molecule has 1 amide bonds. The number of carbonyl (C=O) groups excluding carboxylic acids is 1. The van der Waals surface area contributed by atoms with Crippen molar-refractivity contribution < 1.29 is 4.79 Å². The fraction of sp³-hybridized carbons (Fsp3) is 0.286. The summed E-state index contributed by atoms with van der Waals surface area (Å²) in [6.07, 6.45) is 3.58. The lowest BCUT2D eigenvalue weighted by atomic mass is 9.98. The molecule has 4 rings (SSSR count). The van der Waals surface area contributed by atoms with E-state index in [1.165, 1.54) is 0 Å². The van der Waals surface area contributed by atoms with E-state index in [-0.39, 0.29) is 11.3 Å². The number of carbonyl (C=O) groups is 1. The van der Waals surface area contributed by atoms with Crippen molar-refractivity contribution in [2.75, 3.05) is 4.90 Å². The number of rotatable bonds is 1. The molecule has 0 atom stereocenters. The molecule has 2 aliphatic rings. The summed E-state index contributed by atoms with van der Waals surface area (Å²) in [6, 6.07) is 5.78. The molecule has 1 saturated carbocycles. The maximum absolute atomic E-state index is 12.9. The normalized spacial score (nSPS) is 18.8. The van der Waals surface area contributed by atoms with Crippen LogP contribution in [0.15, 0.2) is 24.4 Å². The van der Waals surface area contributed by atoms with E-state index in [1.807, 2.05) is 25.2 Å². The summed E-state index contributed by atoms with van der Waals surface area (Å²) in [5.41, 5.74) is 1.55. The molecule has 1 aromatic heterocycles. The third-order valence-corrected chi connectivity index (χ3v) is 5.23. The minimum Gasteiger partial charge on any atom is -0.273 e. The molecule has 2 heterocycles. The number of aryl methyl sites for hydroxylation is 1. The van der Waals surface area contributed by atoms with Gasteiger partial charge in [-0.1, -0.05) is 23.7 Å². The first-order valence-corrected chi connectivity index (χ1v) is 7.83. The van der Waals surface area contributed by atoms with Gasteiger partial charge in [-0.15, -0.1) is 0 Å². The lowest BCUT2D eigenvalue weighted by Crippen LogP contribution is -2.30. The molecule has 2 aromatic rings. The Kier molecular flexibility index (Phi) is 2.51. The van der Waals surface area contributed by atoms with Crippen LogP contribution >= 0.6 is 34.2 Å². The molecule has 1 aromatic carbocycles. The van der Waals surface area contributed by atoms with Gasteiger partial charge in [0.05, 0.1) is 25.9 Å². The fourth-order valence-corrected chi connectivity index (χ4v) is 4.00. The molecule has 0 saturated heterocycles. The van der Waals surface area contributed by atoms with E-state index in [0.29, 0.717) is 5.02 Å². The van der Waals surface area contributed by atoms with E-state index in [2.05, 4.69) is 27.7 Å². The van der Waals surface area contributed by atoms with Gasteiger partial charge in [0.15, 0.2) is 5.82 Å². The van der Waals surface area contributed by atoms with Gasteiger partial charge in [-0.25, -0.2) is 0 Å². The first kappa shape index (κ1) is 12.6. The zero-order valence-corrected chi connectivity index (χ0v) is 13.6. The molecule has 1 aliphatic carbocycles. The number of amides is 1. The van der Waals surface area contributed by atoms with Gasteiger partial charge in [-0.2, -0.15) is 5.10 Å². The average molecular weight is 400 g/mol. The van der Waals surface area contributed by atoms with E-state index in [4.69, 9.17) is 11.6 Å². The van der Waals surface area contributed by atoms with Gasteiger partial charge >= 0.3 is 0 Å². The first-order chi connectivity index (χ1) is 9.56. The maximum Gasteiger partial charge on any atom is 0.243 e. The number of hydrogen-bond donors (Lipinski definition) is 0. The van der Waals surface area contributed by atoms with Crippen LogP contribution in [0.1, 0.15) is 18.4 Å². The van der Waals surface area contributed by atoms with Crippen LogP contribution in [0.25, 0.3) is 0 Å². The topological polar surface area (TPSA) is 38.1 Å². The van der Waals surface area contributed by atoms with E-state index < -0.39 is 0 Å². The Morgan fingerprint density at radius 1 is 1.40 bits per heavy atom. The van der Waals surface area contributed by atoms with Gasteiger partial charge in [0.2, 0.25) is 5.91 Å². The highest BCUT2D eigenvalue weighted by molar-refractivity contribution is 14.1. The van der Waals surface area contributed by atoms with Crippen LogP contribution in [0.3, 0.4) is 0 Å². The molecule has 0 radical (unpaired) electrons. The summed E-state index contributed by atoms with van der Waals surface area (Å²) in [4.78, 5) is 14.7. The van der Waals surface area contributed by atoms with Crippen molar-refractivity contribution in [3.63, 3.8) is 0 Å². The lowest BCUT2D eigenvalue weighted by Gasteiger charge is -2.19. The van der Waals surface area contributed by atoms with E-state index in [1.54, 1.807) is 15.8 Å². The molecule has 20 heavy (non-hydrogen) atoms. The summed E-state index contributed by atoms with van der Waals surface area (Å²) in [5, 5.41) is 4.86. The number of anilines is 2. The van der Waals surface area contributed by atoms with Crippen molar-refractivity contribution in [3.05, 3.63) is 38.6 Å². The highest BCUT2D eigenvalue weighted by Gasteiger charge is 2.60. The maximum atomic E-state index is 12.9. The molecule has 0 N–H and O–H groups in total. The monoisotopic (exact) mass is 399 g/mol. The summed E-state index contributed by atoms with van der Waals surface area (Å²) in [7, 11) is 1.85.